The minimum atomic E-state index is 0.907. The molecule has 4 aromatic heterocycles. The molecule has 2 aliphatic rings. The zero-order chi connectivity index (χ0) is 22.7. The lowest BCUT2D eigenvalue weighted by molar-refractivity contribution is 1.24. The van der Waals surface area contributed by atoms with Gasteiger partial charge in [0.05, 0.1) is 16.6 Å². The summed E-state index contributed by atoms with van der Waals surface area (Å²) in [6.07, 6.45) is 7.63. The van der Waals surface area contributed by atoms with Crippen molar-refractivity contribution < 1.29 is 0 Å². The molecule has 0 saturated carbocycles. The number of fused-ring (bicyclic) bond motifs is 15. The number of pyridine rings is 3. The summed E-state index contributed by atoms with van der Waals surface area (Å²) < 4.78 is 2.32. The van der Waals surface area contributed by atoms with E-state index in [0.717, 1.165) is 45.8 Å². The highest BCUT2D eigenvalue weighted by Gasteiger charge is 2.28. The van der Waals surface area contributed by atoms with Crippen molar-refractivity contribution >= 4 is 38.5 Å². The van der Waals surface area contributed by atoms with Crippen LogP contribution >= 0.6 is 0 Å². The molecule has 0 unspecified atom stereocenters. The first-order valence-electron chi connectivity index (χ1n) is 12.0. The van der Waals surface area contributed by atoms with Gasteiger partial charge >= 0.3 is 0 Å². The molecule has 0 fully saturated rings. The third kappa shape index (κ3) is 2.15. The van der Waals surface area contributed by atoms with Crippen LogP contribution in [0.4, 0.5) is 0 Å². The third-order valence-electron chi connectivity index (χ3n) is 7.92. The largest absolute Gasteiger partial charge is 0.290 e. The first kappa shape index (κ1) is 17.8. The summed E-state index contributed by atoms with van der Waals surface area (Å²) in [7, 11) is 0. The van der Waals surface area contributed by atoms with Crippen molar-refractivity contribution in [2.24, 2.45) is 0 Å². The van der Waals surface area contributed by atoms with E-state index in [2.05, 4.69) is 70.0 Å². The zero-order valence-corrected chi connectivity index (χ0v) is 18.8. The summed E-state index contributed by atoms with van der Waals surface area (Å²) in [4.78, 5) is 14.3. The molecule has 0 radical (unpaired) electrons. The number of hydrogen-bond donors (Lipinski definition) is 0. The van der Waals surface area contributed by atoms with Crippen molar-refractivity contribution in [2.75, 3.05) is 0 Å². The van der Waals surface area contributed by atoms with E-state index in [4.69, 9.17) is 9.97 Å². The Morgan fingerprint density at radius 1 is 0.686 bits per heavy atom. The molecule has 0 aliphatic heterocycles. The van der Waals surface area contributed by atoms with Crippen LogP contribution < -0.4 is 0 Å². The number of rotatable bonds is 0. The Balaban J connectivity index is 1.43. The second kappa shape index (κ2) is 6.10. The highest BCUT2D eigenvalue weighted by atomic mass is 15.0. The molecule has 0 N–H and O–H groups in total. The fourth-order valence-electron chi connectivity index (χ4n) is 6.45. The lowest BCUT2D eigenvalue weighted by atomic mass is 9.97. The zero-order valence-electron chi connectivity index (χ0n) is 18.8. The predicted octanol–water partition coefficient (Wildman–Crippen LogP) is 6.73. The predicted molar refractivity (Wildman–Crippen MR) is 140 cm³/mol. The van der Waals surface area contributed by atoms with E-state index in [1.165, 1.54) is 50.0 Å². The molecule has 162 valence electrons. The molecule has 0 bridgehead atoms. The van der Waals surface area contributed by atoms with Gasteiger partial charge in [-0.1, -0.05) is 36.4 Å². The Morgan fingerprint density at radius 3 is 2.57 bits per heavy atom. The molecule has 4 heterocycles. The van der Waals surface area contributed by atoms with Gasteiger partial charge in [-0.2, -0.15) is 0 Å². The van der Waals surface area contributed by atoms with E-state index >= 15 is 0 Å². The SMILES string of the molecule is c1ccc2c(c1)Cc1cc3c(cc1-2)Cc1ccc2nc4c5ncccc5c5cnccc5n4c2c1-3. The molecule has 9 rings (SSSR count). The molecular weight excluding hydrogens is 428 g/mol. The molecule has 0 spiro atoms. The molecule has 0 saturated heterocycles. The summed E-state index contributed by atoms with van der Waals surface area (Å²) in [6.45, 7) is 0. The third-order valence-corrected chi connectivity index (χ3v) is 7.92. The Labute approximate surface area is 200 Å². The van der Waals surface area contributed by atoms with Crippen LogP contribution in [-0.2, 0) is 12.8 Å². The summed E-state index contributed by atoms with van der Waals surface area (Å²) in [6, 6.07) is 24.3. The monoisotopic (exact) mass is 446 g/mol. The van der Waals surface area contributed by atoms with Crippen molar-refractivity contribution in [3.63, 3.8) is 0 Å². The second-order valence-electron chi connectivity index (χ2n) is 9.71. The van der Waals surface area contributed by atoms with E-state index in [9.17, 15) is 0 Å². The smallest absolute Gasteiger partial charge is 0.165 e. The molecular formula is C31H18N4. The summed E-state index contributed by atoms with van der Waals surface area (Å²) in [5.41, 5.74) is 16.2. The van der Waals surface area contributed by atoms with Crippen LogP contribution in [0.15, 0.2) is 85.3 Å². The van der Waals surface area contributed by atoms with Crippen LogP contribution in [0.5, 0.6) is 0 Å². The molecule has 0 atom stereocenters. The summed E-state index contributed by atoms with van der Waals surface area (Å²) in [5.74, 6) is 0. The fourth-order valence-corrected chi connectivity index (χ4v) is 6.45. The van der Waals surface area contributed by atoms with E-state index in [0.29, 0.717) is 0 Å². The van der Waals surface area contributed by atoms with Crippen LogP contribution in [0.25, 0.3) is 60.7 Å². The van der Waals surface area contributed by atoms with Gasteiger partial charge in [0.25, 0.3) is 0 Å². The maximum absolute atomic E-state index is 5.13. The molecule has 3 aromatic carbocycles. The van der Waals surface area contributed by atoms with E-state index in [1.807, 2.05) is 24.7 Å². The van der Waals surface area contributed by atoms with Gasteiger partial charge < -0.3 is 0 Å². The van der Waals surface area contributed by atoms with Crippen LogP contribution in [0.2, 0.25) is 0 Å². The normalized spacial score (nSPS) is 13.5. The first-order valence-corrected chi connectivity index (χ1v) is 12.0. The summed E-state index contributed by atoms with van der Waals surface area (Å²) >= 11 is 0. The van der Waals surface area contributed by atoms with E-state index < -0.39 is 0 Å². The highest BCUT2D eigenvalue weighted by Crippen LogP contribution is 2.47. The lowest BCUT2D eigenvalue weighted by Gasteiger charge is -2.11. The minimum Gasteiger partial charge on any atom is -0.290 e. The van der Waals surface area contributed by atoms with Gasteiger partial charge in [-0.25, -0.2) is 4.98 Å². The number of benzene rings is 3. The molecule has 2 aliphatic carbocycles. The van der Waals surface area contributed by atoms with Crippen molar-refractivity contribution in [2.45, 2.75) is 12.8 Å². The lowest BCUT2D eigenvalue weighted by Crippen LogP contribution is -1.95. The first-order chi connectivity index (χ1) is 17.3. The Bertz CT molecular complexity index is 2070. The fraction of sp³-hybridized carbons (Fsp3) is 0.0645. The Kier molecular flexibility index (Phi) is 3.11. The maximum atomic E-state index is 5.13. The quantitative estimate of drug-likeness (QED) is 0.243. The number of nitrogens with zero attached hydrogens (tertiary/aromatic N) is 4. The molecule has 0 amide bonds. The van der Waals surface area contributed by atoms with Crippen LogP contribution in [0.3, 0.4) is 0 Å². The Hall–Kier alpha value is -4.57. The van der Waals surface area contributed by atoms with E-state index in [1.54, 1.807) is 0 Å². The average Bonchev–Trinajstić information content (AvgIpc) is 3.58. The van der Waals surface area contributed by atoms with Crippen molar-refractivity contribution in [3.8, 4) is 22.3 Å². The molecule has 4 heteroatoms. The van der Waals surface area contributed by atoms with Gasteiger partial charge in [0, 0.05) is 34.9 Å². The highest BCUT2D eigenvalue weighted by molar-refractivity contribution is 6.13. The Morgan fingerprint density at radius 2 is 1.57 bits per heavy atom. The van der Waals surface area contributed by atoms with Gasteiger partial charge in [-0.05, 0) is 82.1 Å². The van der Waals surface area contributed by atoms with Crippen LogP contribution in [-0.4, -0.2) is 19.4 Å². The van der Waals surface area contributed by atoms with Gasteiger partial charge in [-0.3, -0.25) is 14.4 Å². The second-order valence-corrected chi connectivity index (χ2v) is 9.71. The van der Waals surface area contributed by atoms with Crippen molar-refractivity contribution in [3.05, 3.63) is 108 Å². The molecule has 35 heavy (non-hydrogen) atoms. The number of imidazole rings is 1. The maximum Gasteiger partial charge on any atom is 0.165 e. The number of aromatic nitrogens is 4. The van der Waals surface area contributed by atoms with Crippen LogP contribution in [0, 0.1) is 0 Å². The van der Waals surface area contributed by atoms with Gasteiger partial charge in [-0.15, -0.1) is 0 Å². The minimum absolute atomic E-state index is 0.907. The average molecular weight is 447 g/mol. The number of hydrogen-bond acceptors (Lipinski definition) is 3. The van der Waals surface area contributed by atoms with Gasteiger partial charge in [0.15, 0.2) is 5.65 Å². The van der Waals surface area contributed by atoms with Gasteiger partial charge in [0.1, 0.15) is 5.52 Å². The van der Waals surface area contributed by atoms with Crippen molar-refractivity contribution in [1.82, 2.24) is 19.4 Å². The van der Waals surface area contributed by atoms with Gasteiger partial charge in [0.2, 0.25) is 0 Å². The summed E-state index contributed by atoms with van der Waals surface area (Å²) in [5, 5.41) is 2.19. The molecule has 4 nitrogen and oxygen atoms in total. The topological polar surface area (TPSA) is 43.1 Å². The standard InChI is InChI=1S/C31H18N4/c1-2-5-21-17(4-1)12-19-15-24-20(14-23(19)21)13-18-7-8-26-30(28(18)24)35-27-9-11-32-16-25(27)22-6-3-10-33-29(22)31(35)34-26/h1-11,14-16H,12-13H2. The van der Waals surface area contributed by atoms with E-state index in [-0.39, 0.29) is 0 Å². The molecule has 7 aromatic rings. The van der Waals surface area contributed by atoms with Crippen molar-refractivity contribution in [1.29, 1.82) is 0 Å². The van der Waals surface area contributed by atoms with Crippen LogP contribution in [0.1, 0.15) is 22.3 Å².